The maximum Gasteiger partial charge on any atom is 0.109 e. The smallest absolute Gasteiger partial charge is 0.109 e. The van der Waals surface area contributed by atoms with Crippen LogP contribution in [0.4, 0.5) is 0 Å². The zero-order chi connectivity index (χ0) is 14.0. The van der Waals surface area contributed by atoms with Crippen LogP contribution in [0.25, 0.3) is 0 Å². The Balaban J connectivity index is 2.57. The van der Waals surface area contributed by atoms with E-state index in [4.69, 9.17) is 19.9 Å². The molecule has 2 N–H and O–H groups in total. The monoisotopic (exact) mass is 259 g/mol. The van der Waals surface area contributed by atoms with Gasteiger partial charge in [-0.15, -0.1) is 0 Å². The number of rotatable bonds is 3. The minimum Gasteiger partial charge on any atom is -0.373 e. The second-order valence-electron chi connectivity index (χ2n) is 6.98. The molecule has 4 nitrogen and oxygen atoms in total. The first-order valence-corrected chi connectivity index (χ1v) is 6.80. The summed E-state index contributed by atoms with van der Waals surface area (Å²) in [7, 11) is 0. The summed E-state index contributed by atoms with van der Waals surface area (Å²) in [4.78, 5) is 0. The molecule has 1 aliphatic rings. The van der Waals surface area contributed by atoms with Crippen molar-refractivity contribution >= 4 is 0 Å². The SMILES string of the molecule is CC(C)(C)OC[C@H]1OC(N)CCC1OC(C)(C)C. The van der Waals surface area contributed by atoms with Crippen LogP contribution < -0.4 is 5.73 Å². The summed E-state index contributed by atoms with van der Waals surface area (Å²) in [6.45, 7) is 12.8. The molecule has 0 aromatic carbocycles. The molecule has 1 rings (SSSR count). The highest BCUT2D eigenvalue weighted by Crippen LogP contribution is 2.25. The maximum atomic E-state index is 6.04. The van der Waals surface area contributed by atoms with Gasteiger partial charge in [-0.3, -0.25) is 0 Å². The fourth-order valence-corrected chi connectivity index (χ4v) is 1.96. The van der Waals surface area contributed by atoms with Gasteiger partial charge in [0.25, 0.3) is 0 Å². The van der Waals surface area contributed by atoms with Gasteiger partial charge >= 0.3 is 0 Å². The van der Waals surface area contributed by atoms with Crippen molar-refractivity contribution in [3.8, 4) is 0 Å². The lowest BCUT2D eigenvalue weighted by Gasteiger charge is -2.39. The minimum absolute atomic E-state index is 0.0622. The van der Waals surface area contributed by atoms with Crippen LogP contribution in [-0.4, -0.2) is 36.2 Å². The molecule has 2 unspecified atom stereocenters. The zero-order valence-electron chi connectivity index (χ0n) is 12.7. The van der Waals surface area contributed by atoms with Gasteiger partial charge in [0.1, 0.15) is 12.3 Å². The van der Waals surface area contributed by atoms with Crippen LogP contribution in [0.1, 0.15) is 54.4 Å². The molecule has 0 bridgehead atoms. The standard InChI is InChI=1S/C14H29NO3/c1-13(2,3)16-9-11-10(18-14(4,5)6)7-8-12(15)17-11/h10-12H,7-9,15H2,1-6H3/t10?,11-,12?/m1/s1. The number of hydrogen-bond donors (Lipinski definition) is 1. The Morgan fingerprint density at radius 3 is 2.17 bits per heavy atom. The van der Waals surface area contributed by atoms with Crippen LogP contribution in [0, 0.1) is 0 Å². The van der Waals surface area contributed by atoms with Crippen molar-refractivity contribution in [1.82, 2.24) is 0 Å². The molecule has 0 saturated carbocycles. The van der Waals surface area contributed by atoms with E-state index in [1.807, 2.05) is 20.8 Å². The summed E-state index contributed by atoms with van der Waals surface area (Å²) in [6, 6.07) is 0. The van der Waals surface area contributed by atoms with E-state index in [2.05, 4.69) is 20.8 Å². The highest BCUT2D eigenvalue weighted by Gasteiger charge is 2.34. The fourth-order valence-electron chi connectivity index (χ4n) is 1.96. The molecule has 18 heavy (non-hydrogen) atoms. The van der Waals surface area contributed by atoms with Gasteiger partial charge in [-0.1, -0.05) is 0 Å². The lowest BCUT2D eigenvalue weighted by Crippen LogP contribution is -2.49. The van der Waals surface area contributed by atoms with Crippen molar-refractivity contribution in [3.05, 3.63) is 0 Å². The number of hydrogen-bond acceptors (Lipinski definition) is 4. The summed E-state index contributed by atoms with van der Waals surface area (Å²) in [5, 5.41) is 0. The van der Waals surface area contributed by atoms with E-state index in [1.54, 1.807) is 0 Å². The Hall–Kier alpha value is -0.160. The van der Waals surface area contributed by atoms with E-state index in [0.717, 1.165) is 12.8 Å². The topological polar surface area (TPSA) is 53.7 Å². The first kappa shape index (κ1) is 15.9. The number of ether oxygens (including phenoxy) is 3. The van der Waals surface area contributed by atoms with E-state index >= 15 is 0 Å². The molecule has 1 fully saturated rings. The van der Waals surface area contributed by atoms with Crippen molar-refractivity contribution in [1.29, 1.82) is 0 Å². The minimum atomic E-state index is -0.196. The van der Waals surface area contributed by atoms with Crippen LogP contribution in [-0.2, 0) is 14.2 Å². The predicted molar refractivity (Wildman–Crippen MR) is 72.4 cm³/mol. The lowest BCUT2D eigenvalue weighted by atomic mass is 10.0. The van der Waals surface area contributed by atoms with Crippen molar-refractivity contribution < 1.29 is 14.2 Å². The van der Waals surface area contributed by atoms with Crippen LogP contribution >= 0.6 is 0 Å². The van der Waals surface area contributed by atoms with E-state index in [0.29, 0.717) is 6.61 Å². The number of nitrogens with two attached hydrogens (primary N) is 1. The average Bonchev–Trinajstić information content (AvgIpc) is 2.15. The predicted octanol–water partition coefficient (Wildman–Crippen LogP) is 2.45. The Labute approximate surface area is 111 Å². The van der Waals surface area contributed by atoms with Crippen LogP contribution in [0.2, 0.25) is 0 Å². The molecular formula is C14H29NO3. The van der Waals surface area contributed by atoms with Gasteiger partial charge in [-0.2, -0.15) is 0 Å². The molecule has 4 heteroatoms. The van der Waals surface area contributed by atoms with Gasteiger partial charge in [0.15, 0.2) is 0 Å². The second kappa shape index (κ2) is 5.87. The van der Waals surface area contributed by atoms with Crippen molar-refractivity contribution in [2.24, 2.45) is 5.73 Å². The second-order valence-corrected chi connectivity index (χ2v) is 6.98. The third-order valence-corrected chi connectivity index (χ3v) is 2.69. The molecule has 108 valence electrons. The molecule has 3 atom stereocenters. The summed E-state index contributed by atoms with van der Waals surface area (Å²) < 4.78 is 17.6. The highest BCUT2D eigenvalue weighted by molar-refractivity contribution is 4.81. The Morgan fingerprint density at radius 1 is 1.06 bits per heavy atom. The molecule has 0 amide bonds. The van der Waals surface area contributed by atoms with E-state index in [1.165, 1.54) is 0 Å². The van der Waals surface area contributed by atoms with Gasteiger partial charge < -0.3 is 19.9 Å². The van der Waals surface area contributed by atoms with Crippen LogP contribution in [0.15, 0.2) is 0 Å². The third kappa shape index (κ3) is 6.14. The Bertz CT molecular complexity index is 255. The first-order valence-electron chi connectivity index (χ1n) is 6.80. The Morgan fingerprint density at radius 2 is 1.67 bits per heavy atom. The molecule has 0 aromatic rings. The molecule has 0 aliphatic carbocycles. The van der Waals surface area contributed by atoms with E-state index in [9.17, 15) is 0 Å². The van der Waals surface area contributed by atoms with E-state index < -0.39 is 0 Å². The van der Waals surface area contributed by atoms with Gasteiger partial charge in [0.05, 0.1) is 23.9 Å². The molecule has 1 saturated heterocycles. The molecular weight excluding hydrogens is 230 g/mol. The van der Waals surface area contributed by atoms with Crippen LogP contribution in [0.5, 0.6) is 0 Å². The largest absolute Gasteiger partial charge is 0.373 e. The molecule has 0 aromatic heterocycles. The highest BCUT2D eigenvalue weighted by atomic mass is 16.6. The lowest BCUT2D eigenvalue weighted by molar-refractivity contribution is -0.199. The van der Waals surface area contributed by atoms with Gasteiger partial charge in [-0.05, 0) is 54.4 Å². The van der Waals surface area contributed by atoms with Crippen LogP contribution in [0.3, 0.4) is 0 Å². The molecule has 0 spiro atoms. The molecule has 1 heterocycles. The van der Waals surface area contributed by atoms with Gasteiger partial charge in [-0.25, -0.2) is 0 Å². The zero-order valence-corrected chi connectivity index (χ0v) is 12.7. The van der Waals surface area contributed by atoms with Gasteiger partial charge in [0.2, 0.25) is 0 Å². The van der Waals surface area contributed by atoms with E-state index in [-0.39, 0.29) is 29.6 Å². The summed E-state index contributed by atoms with van der Waals surface area (Å²) in [5.74, 6) is 0. The third-order valence-electron chi connectivity index (χ3n) is 2.69. The van der Waals surface area contributed by atoms with Crippen molar-refractivity contribution in [2.45, 2.75) is 84.0 Å². The normalized spacial score (nSPS) is 30.5. The molecule has 0 radical (unpaired) electrons. The summed E-state index contributed by atoms with van der Waals surface area (Å²) >= 11 is 0. The van der Waals surface area contributed by atoms with Crippen molar-refractivity contribution in [3.63, 3.8) is 0 Å². The average molecular weight is 259 g/mol. The summed E-state index contributed by atoms with van der Waals surface area (Å²) in [6.07, 6.45) is 1.56. The Kier molecular flexibility index (Phi) is 5.18. The summed E-state index contributed by atoms with van der Waals surface area (Å²) in [5.41, 5.74) is 5.52. The fraction of sp³-hybridized carbons (Fsp3) is 1.00. The maximum absolute atomic E-state index is 6.04. The first-order chi connectivity index (χ1) is 8.07. The van der Waals surface area contributed by atoms with Crippen molar-refractivity contribution in [2.75, 3.05) is 6.61 Å². The molecule has 1 aliphatic heterocycles. The van der Waals surface area contributed by atoms with Gasteiger partial charge in [0, 0.05) is 0 Å². The quantitative estimate of drug-likeness (QED) is 0.846.